The lowest BCUT2D eigenvalue weighted by atomic mass is 9.99. The van der Waals surface area contributed by atoms with Gasteiger partial charge in [0.05, 0.1) is 13.2 Å². The Morgan fingerprint density at radius 3 is 2.36 bits per heavy atom. The molecule has 28 heavy (non-hydrogen) atoms. The second-order valence-electron chi connectivity index (χ2n) is 6.15. The molecule has 0 aromatic carbocycles. The maximum absolute atomic E-state index is 11.8. The summed E-state index contributed by atoms with van der Waals surface area (Å²) in [5.74, 6) is 10.9. The molecule has 0 radical (unpaired) electrons. The number of aliphatic hydroxyl groups is 4. The summed E-state index contributed by atoms with van der Waals surface area (Å²) in [6.45, 7) is 1.49. The third kappa shape index (κ3) is 8.81. The average molecular weight is 392 g/mol. The van der Waals surface area contributed by atoms with E-state index in [-0.39, 0.29) is 18.8 Å². The minimum Gasteiger partial charge on any atom is -0.394 e. The Balaban J connectivity index is 2.24. The molecule has 7 nitrogen and oxygen atoms in total. The lowest BCUT2D eigenvalue weighted by Crippen LogP contribution is -2.59. The van der Waals surface area contributed by atoms with Crippen LogP contribution in [-0.2, 0) is 14.3 Å². The molecule has 7 heteroatoms. The fourth-order valence-electron chi connectivity index (χ4n) is 2.34. The van der Waals surface area contributed by atoms with E-state index in [0.29, 0.717) is 12.8 Å². The number of aliphatic hydroxyl groups excluding tert-OH is 4. The fraction of sp³-hybridized carbons (Fsp3) is 0.571. The van der Waals surface area contributed by atoms with Crippen LogP contribution in [0.2, 0.25) is 0 Å². The lowest BCUT2D eigenvalue weighted by Gasteiger charge is -2.39. The molecule has 0 amide bonds. The number of ketones is 1. The van der Waals surface area contributed by atoms with E-state index in [1.54, 1.807) is 18.2 Å². The molecular weight excluding hydrogens is 364 g/mol. The molecule has 1 fully saturated rings. The molecule has 0 saturated carbocycles. The third-order valence-corrected chi connectivity index (χ3v) is 3.95. The van der Waals surface area contributed by atoms with E-state index < -0.39 is 37.3 Å². The summed E-state index contributed by atoms with van der Waals surface area (Å²) in [4.78, 5) is 11.8. The largest absolute Gasteiger partial charge is 0.394 e. The van der Waals surface area contributed by atoms with Crippen molar-refractivity contribution in [2.24, 2.45) is 0 Å². The van der Waals surface area contributed by atoms with Crippen molar-refractivity contribution in [2.75, 3.05) is 13.2 Å². The van der Waals surface area contributed by atoms with E-state index in [2.05, 4.69) is 23.7 Å². The Labute approximate surface area is 165 Å². The lowest BCUT2D eigenvalue weighted by molar-refractivity contribution is -0.300. The van der Waals surface area contributed by atoms with Gasteiger partial charge in [0.25, 0.3) is 0 Å². The normalized spacial score (nSPS) is 27.2. The van der Waals surface area contributed by atoms with Crippen LogP contribution in [0.25, 0.3) is 0 Å². The van der Waals surface area contributed by atoms with Crippen LogP contribution in [-0.4, -0.2) is 70.1 Å². The second kappa shape index (κ2) is 14.1. The number of hydrogen-bond acceptors (Lipinski definition) is 7. The SMILES string of the molecule is CCC=CC#CC#CC=CCCC(=O)CCOC1OC(CO)C(O)C(O)C1O. The first-order valence-electron chi connectivity index (χ1n) is 9.26. The van der Waals surface area contributed by atoms with Crippen LogP contribution < -0.4 is 0 Å². The van der Waals surface area contributed by atoms with E-state index in [0.717, 1.165) is 6.42 Å². The van der Waals surface area contributed by atoms with Crippen molar-refractivity contribution in [1.29, 1.82) is 0 Å². The van der Waals surface area contributed by atoms with Crippen LogP contribution in [0.5, 0.6) is 0 Å². The Morgan fingerprint density at radius 1 is 1.04 bits per heavy atom. The number of carbonyl (C=O) groups is 1. The maximum atomic E-state index is 11.8. The second-order valence-corrected chi connectivity index (χ2v) is 6.15. The Kier molecular flexibility index (Phi) is 12.1. The summed E-state index contributed by atoms with van der Waals surface area (Å²) < 4.78 is 10.5. The molecule has 0 aromatic heterocycles. The van der Waals surface area contributed by atoms with Crippen LogP contribution in [0, 0.1) is 23.7 Å². The highest BCUT2D eigenvalue weighted by Gasteiger charge is 2.43. The van der Waals surface area contributed by atoms with Gasteiger partial charge in [-0.3, -0.25) is 4.79 Å². The van der Waals surface area contributed by atoms with E-state index in [4.69, 9.17) is 14.6 Å². The Hall–Kier alpha value is -1.97. The molecule has 5 unspecified atom stereocenters. The summed E-state index contributed by atoms with van der Waals surface area (Å²) in [5.41, 5.74) is 0. The van der Waals surface area contributed by atoms with Gasteiger partial charge in [-0.1, -0.05) is 30.9 Å². The number of hydrogen-bond donors (Lipinski definition) is 4. The van der Waals surface area contributed by atoms with Gasteiger partial charge < -0.3 is 29.9 Å². The zero-order valence-corrected chi connectivity index (χ0v) is 16.0. The molecule has 1 aliphatic heterocycles. The van der Waals surface area contributed by atoms with Crippen LogP contribution in [0.15, 0.2) is 24.3 Å². The first-order valence-corrected chi connectivity index (χ1v) is 9.26. The monoisotopic (exact) mass is 392 g/mol. The third-order valence-electron chi connectivity index (χ3n) is 3.95. The van der Waals surface area contributed by atoms with Crippen molar-refractivity contribution in [3.63, 3.8) is 0 Å². The first kappa shape index (κ1) is 24.1. The quantitative estimate of drug-likeness (QED) is 0.410. The molecule has 1 aliphatic rings. The highest BCUT2D eigenvalue weighted by Crippen LogP contribution is 2.22. The number of ether oxygens (including phenoxy) is 2. The Bertz CT molecular complexity index is 645. The minimum atomic E-state index is -1.50. The minimum absolute atomic E-state index is 0.00802. The molecule has 1 saturated heterocycles. The van der Waals surface area contributed by atoms with Gasteiger partial charge in [-0.25, -0.2) is 0 Å². The van der Waals surface area contributed by atoms with E-state index in [1.807, 2.05) is 13.0 Å². The van der Waals surface area contributed by atoms with Gasteiger partial charge in [0.1, 0.15) is 30.2 Å². The number of rotatable bonds is 9. The number of allylic oxidation sites excluding steroid dienone is 4. The van der Waals surface area contributed by atoms with Crippen molar-refractivity contribution in [1.82, 2.24) is 0 Å². The molecule has 0 bridgehead atoms. The molecule has 0 aliphatic carbocycles. The molecule has 154 valence electrons. The van der Waals surface area contributed by atoms with Crippen molar-refractivity contribution in [2.45, 2.75) is 63.3 Å². The van der Waals surface area contributed by atoms with Gasteiger partial charge in [-0.2, -0.15) is 0 Å². The molecule has 1 heterocycles. The van der Waals surface area contributed by atoms with Crippen molar-refractivity contribution in [3.05, 3.63) is 24.3 Å². The zero-order valence-electron chi connectivity index (χ0n) is 16.0. The smallest absolute Gasteiger partial charge is 0.186 e. The molecule has 5 atom stereocenters. The van der Waals surface area contributed by atoms with Crippen LogP contribution >= 0.6 is 0 Å². The van der Waals surface area contributed by atoms with Crippen LogP contribution in [0.4, 0.5) is 0 Å². The maximum Gasteiger partial charge on any atom is 0.186 e. The number of Topliss-reactive ketones (excluding diaryl/α,β-unsaturated/α-hetero) is 1. The topological polar surface area (TPSA) is 116 Å². The van der Waals surface area contributed by atoms with Gasteiger partial charge in [-0.15, -0.1) is 0 Å². The highest BCUT2D eigenvalue weighted by atomic mass is 16.7. The van der Waals surface area contributed by atoms with Gasteiger partial charge in [0.15, 0.2) is 6.29 Å². The summed E-state index contributed by atoms with van der Waals surface area (Å²) in [6, 6.07) is 0. The highest BCUT2D eigenvalue weighted by molar-refractivity contribution is 5.78. The van der Waals surface area contributed by atoms with Gasteiger partial charge in [-0.05, 0) is 36.8 Å². The fourth-order valence-corrected chi connectivity index (χ4v) is 2.34. The van der Waals surface area contributed by atoms with E-state index in [1.165, 1.54) is 0 Å². The summed E-state index contributed by atoms with van der Waals surface area (Å²) >= 11 is 0. The van der Waals surface area contributed by atoms with Crippen molar-refractivity contribution in [3.8, 4) is 23.7 Å². The standard InChI is InChI=1S/C21H28O7/c1-2-3-4-5-6-7-8-9-10-11-12-16(23)13-14-27-21-20(26)19(25)18(24)17(15-22)28-21/h3-4,9-10,17-22,24-26H,2,11-15H2,1H3. The zero-order chi connectivity index (χ0) is 20.8. The van der Waals surface area contributed by atoms with Crippen molar-refractivity contribution < 1.29 is 34.7 Å². The molecule has 0 aromatic rings. The first-order chi connectivity index (χ1) is 13.5. The van der Waals surface area contributed by atoms with Gasteiger partial charge in [0, 0.05) is 12.8 Å². The van der Waals surface area contributed by atoms with Gasteiger partial charge in [0.2, 0.25) is 0 Å². The van der Waals surface area contributed by atoms with Crippen LogP contribution in [0.3, 0.4) is 0 Å². The summed E-state index contributed by atoms with van der Waals surface area (Å²) in [7, 11) is 0. The molecular formula is C21H28O7. The van der Waals surface area contributed by atoms with E-state index in [9.17, 15) is 20.1 Å². The molecule has 1 rings (SSSR count). The van der Waals surface area contributed by atoms with Crippen LogP contribution in [0.1, 0.15) is 32.6 Å². The predicted octanol–water partition coefficient (Wildman–Crippen LogP) is 0.0715. The average Bonchev–Trinajstić information content (AvgIpc) is 2.69. The van der Waals surface area contributed by atoms with Crippen molar-refractivity contribution >= 4 is 5.78 Å². The molecule has 4 N–H and O–H groups in total. The predicted molar refractivity (Wildman–Crippen MR) is 103 cm³/mol. The summed E-state index contributed by atoms with van der Waals surface area (Å²) in [5, 5.41) is 38.3. The van der Waals surface area contributed by atoms with Gasteiger partial charge >= 0.3 is 0 Å². The Morgan fingerprint density at radius 2 is 1.71 bits per heavy atom. The summed E-state index contributed by atoms with van der Waals surface area (Å²) in [6.07, 6.45) is 2.40. The van der Waals surface area contributed by atoms with E-state index >= 15 is 0 Å². The number of carbonyl (C=O) groups excluding carboxylic acids is 1. The molecule has 0 spiro atoms.